The number of carbonyl (C=O) groups is 4. The minimum Gasteiger partial charge on any atom is -0.465 e. The smallest absolute Gasteiger partial charge is 0.306 e. The fourth-order valence-electron chi connectivity index (χ4n) is 3.19. The topological polar surface area (TPSA) is 105 Å². The van der Waals surface area contributed by atoms with Crippen LogP contribution in [-0.2, 0) is 38.1 Å². The van der Waals surface area contributed by atoms with E-state index in [9.17, 15) is 19.2 Å². The van der Waals surface area contributed by atoms with Gasteiger partial charge in [0.15, 0.2) is 0 Å². The van der Waals surface area contributed by atoms with Crippen molar-refractivity contribution in [3.63, 3.8) is 0 Å². The molecule has 0 aromatic rings. The molecule has 31 heavy (non-hydrogen) atoms. The summed E-state index contributed by atoms with van der Waals surface area (Å²) >= 11 is 0. The van der Waals surface area contributed by atoms with Crippen LogP contribution in [0.2, 0.25) is 0 Å². The maximum absolute atomic E-state index is 10.5. The maximum Gasteiger partial charge on any atom is 0.306 e. The van der Waals surface area contributed by atoms with E-state index in [1.165, 1.54) is 0 Å². The Morgan fingerprint density at radius 1 is 0.710 bits per heavy atom. The molecule has 0 N–H and O–H groups in total. The van der Waals surface area contributed by atoms with Crippen molar-refractivity contribution >= 4 is 23.9 Å². The highest BCUT2D eigenvalue weighted by molar-refractivity contribution is 5.71. The Morgan fingerprint density at radius 3 is 1.58 bits per heavy atom. The molecule has 0 aromatic heterocycles. The lowest BCUT2D eigenvalue weighted by Crippen LogP contribution is -2.20. The SMILES string of the molecule is CC1CCC(=O)O1.CC1CCCC(=O)O1.CC1COC(=O)C1.CCC1CCC(=O)OC1. The predicted octanol–water partition coefficient (Wildman–Crippen LogP) is 3.73. The van der Waals surface area contributed by atoms with Gasteiger partial charge in [0.2, 0.25) is 0 Å². The Bertz CT molecular complexity index is 554. The zero-order valence-electron chi connectivity index (χ0n) is 19.4. The quantitative estimate of drug-likeness (QED) is 0.447. The van der Waals surface area contributed by atoms with Gasteiger partial charge in [0.05, 0.1) is 31.8 Å². The Morgan fingerprint density at radius 2 is 1.29 bits per heavy atom. The van der Waals surface area contributed by atoms with Crippen molar-refractivity contribution in [2.24, 2.45) is 11.8 Å². The zero-order chi connectivity index (χ0) is 23.2. The summed E-state index contributed by atoms with van der Waals surface area (Å²) in [5, 5.41) is 0. The van der Waals surface area contributed by atoms with Crippen LogP contribution >= 0.6 is 0 Å². The minimum atomic E-state index is -0.0486. The highest BCUT2D eigenvalue weighted by atomic mass is 16.6. The molecular formula is C23H38O8. The van der Waals surface area contributed by atoms with Crippen molar-refractivity contribution in [3.8, 4) is 0 Å². The van der Waals surface area contributed by atoms with E-state index in [0.29, 0.717) is 50.7 Å². The molecule has 4 unspecified atom stereocenters. The van der Waals surface area contributed by atoms with Crippen LogP contribution in [0.15, 0.2) is 0 Å². The van der Waals surface area contributed by atoms with Crippen LogP contribution in [0.4, 0.5) is 0 Å². The summed E-state index contributed by atoms with van der Waals surface area (Å²) in [4.78, 5) is 41.4. The van der Waals surface area contributed by atoms with Gasteiger partial charge in [-0.15, -0.1) is 0 Å². The number of rotatable bonds is 1. The molecule has 4 rings (SSSR count). The van der Waals surface area contributed by atoms with Gasteiger partial charge in [-0.05, 0) is 45.4 Å². The molecule has 0 aromatic carbocycles. The Balaban J connectivity index is 0.000000208. The molecule has 0 saturated carbocycles. The van der Waals surface area contributed by atoms with E-state index in [-0.39, 0.29) is 36.1 Å². The van der Waals surface area contributed by atoms with Gasteiger partial charge in [-0.3, -0.25) is 19.2 Å². The van der Waals surface area contributed by atoms with Crippen molar-refractivity contribution < 1.29 is 38.1 Å². The van der Waals surface area contributed by atoms with Crippen molar-refractivity contribution in [1.29, 1.82) is 0 Å². The van der Waals surface area contributed by atoms with Crippen LogP contribution in [0.25, 0.3) is 0 Å². The van der Waals surface area contributed by atoms with E-state index in [4.69, 9.17) is 14.2 Å². The van der Waals surface area contributed by atoms with Crippen LogP contribution in [0.1, 0.15) is 85.5 Å². The first-order valence-corrected chi connectivity index (χ1v) is 11.4. The second-order valence-corrected chi connectivity index (χ2v) is 8.52. The van der Waals surface area contributed by atoms with Crippen LogP contribution in [0.5, 0.6) is 0 Å². The summed E-state index contributed by atoms with van der Waals surface area (Å²) in [7, 11) is 0. The van der Waals surface area contributed by atoms with E-state index in [0.717, 1.165) is 32.1 Å². The van der Waals surface area contributed by atoms with E-state index < -0.39 is 0 Å². The number of hydrogen-bond acceptors (Lipinski definition) is 8. The number of cyclic esters (lactones) is 4. The molecule has 0 aliphatic carbocycles. The van der Waals surface area contributed by atoms with E-state index >= 15 is 0 Å². The summed E-state index contributed by atoms with van der Waals surface area (Å²) in [5.74, 6) is 0.915. The molecule has 0 amide bonds. The van der Waals surface area contributed by atoms with Crippen molar-refractivity contribution in [2.45, 2.75) is 97.7 Å². The zero-order valence-corrected chi connectivity index (χ0v) is 19.4. The van der Waals surface area contributed by atoms with Crippen molar-refractivity contribution in [1.82, 2.24) is 0 Å². The number of ether oxygens (including phenoxy) is 4. The molecule has 0 radical (unpaired) electrons. The maximum atomic E-state index is 10.5. The first-order chi connectivity index (χ1) is 14.7. The normalized spacial score (nSPS) is 29.4. The van der Waals surface area contributed by atoms with Gasteiger partial charge in [0, 0.05) is 25.2 Å². The van der Waals surface area contributed by atoms with Gasteiger partial charge in [0.1, 0.15) is 0 Å². The first-order valence-electron chi connectivity index (χ1n) is 11.4. The van der Waals surface area contributed by atoms with E-state index in [1.54, 1.807) is 0 Å². The van der Waals surface area contributed by atoms with Crippen LogP contribution in [0.3, 0.4) is 0 Å². The number of carbonyl (C=O) groups excluding carboxylic acids is 4. The monoisotopic (exact) mass is 442 g/mol. The molecule has 0 bridgehead atoms. The largest absolute Gasteiger partial charge is 0.465 e. The second-order valence-electron chi connectivity index (χ2n) is 8.52. The summed E-state index contributed by atoms with van der Waals surface area (Å²) in [6.07, 6.45) is 7.89. The molecule has 4 aliphatic rings. The van der Waals surface area contributed by atoms with Crippen LogP contribution in [0, 0.1) is 11.8 Å². The highest BCUT2D eigenvalue weighted by Gasteiger charge is 2.19. The fourth-order valence-corrected chi connectivity index (χ4v) is 3.19. The second kappa shape index (κ2) is 14.8. The van der Waals surface area contributed by atoms with Gasteiger partial charge in [-0.2, -0.15) is 0 Å². The third-order valence-corrected chi connectivity index (χ3v) is 5.27. The molecule has 8 nitrogen and oxygen atoms in total. The van der Waals surface area contributed by atoms with E-state index in [2.05, 4.69) is 11.7 Å². The van der Waals surface area contributed by atoms with Gasteiger partial charge in [-0.25, -0.2) is 0 Å². The average Bonchev–Trinajstić information content (AvgIpc) is 3.29. The Labute approximate surface area is 185 Å². The molecular weight excluding hydrogens is 404 g/mol. The molecule has 4 atom stereocenters. The minimum absolute atomic E-state index is 0.0281. The number of esters is 4. The summed E-state index contributed by atoms with van der Waals surface area (Å²) in [6, 6.07) is 0. The molecule has 0 spiro atoms. The lowest BCUT2D eigenvalue weighted by Gasteiger charge is -2.19. The van der Waals surface area contributed by atoms with Crippen LogP contribution < -0.4 is 0 Å². The summed E-state index contributed by atoms with van der Waals surface area (Å²) < 4.78 is 19.0. The highest BCUT2D eigenvalue weighted by Crippen LogP contribution is 2.17. The summed E-state index contributed by atoms with van der Waals surface area (Å²) in [6.45, 7) is 9.24. The lowest BCUT2D eigenvalue weighted by atomic mass is 10.00. The van der Waals surface area contributed by atoms with Gasteiger partial charge >= 0.3 is 23.9 Å². The Kier molecular flexibility index (Phi) is 12.9. The molecule has 4 saturated heterocycles. The molecule has 8 heteroatoms. The van der Waals surface area contributed by atoms with Crippen LogP contribution in [-0.4, -0.2) is 49.3 Å². The molecule has 4 aliphatic heterocycles. The summed E-state index contributed by atoms with van der Waals surface area (Å²) in [5.41, 5.74) is 0. The van der Waals surface area contributed by atoms with Crippen molar-refractivity contribution in [2.75, 3.05) is 13.2 Å². The molecule has 178 valence electrons. The average molecular weight is 443 g/mol. The third-order valence-electron chi connectivity index (χ3n) is 5.27. The van der Waals surface area contributed by atoms with Crippen molar-refractivity contribution in [3.05, 3.63) is 0 Å². The Hall–Kier alpha value is -2.12. The third kappa shape index (κ3) is 13.0. The number of hydrogen-bond donors (Lipinski definition) is 0. The van der Waals surface area contributed by atoms with Gasteiger partial charge in [-0.1, -0.05) is 20.3 Å². The lowest BCUT2D eigenvalue weighted by molar-refractivity contribution is -0.152. The van der Waals surface area contributed by atoms with Gasteiger partial charge < -0.3 is 18.9 Å². The molecule has 4 fully saturated rings. The van der Waals surface area contributed by atoms with Gasteiger partial charge in [0.25, 0.3) is 0 Å². The first kappa shape index (κ1) is 26.9. The standard InChI is InChI=1S/C7H12O2.C6H10O2.2C5H8O2/c1-2-6-3-4-7(8)9-5-6;1-5-3-2-4-6(7)8-5;1-4-2-5(6)7-3-4;1-4-2-3-5(6)7-4/h6H,2-5H2,1H3;5H,2-4H2,1H3;2*4H,2-3H2,1H3. The van der Waals surface area contributed by atoms with E-state index in [1.807, 2.05) is 20.8 Å². The fraction of sp³-hybridized carbons (Fsp3) is 0.826. The molecule has 4 heterocycles. The predicted molar refractivity (Wildman–Crippen MR) is 113 cm³/mol.